The Labute approximate surface area is 115 Å². The molecule has 7 heteroatoms. The first-order valence-electron chi connectivity index (χ1n) is 5.64. The molecule has 0 radical (unpaired) electrons. The first-order chi connectivity index (χ1) is 8.49. The summed E-state index contributed by atoms with van der Waals surface area (Å²) in [6.07, 6.45) is 0.771. The Kier molecular flexibility index (Phi) is 5.22. The van der Waals surface area contributed by atoms with Crippen LogP contribution in [0.15, 0.2) is 18.2 Å². The molecule has 1 aromatic rings. The summed E-state index contributed by atoms with van der Waals surface area (Å²) < 4.78 is 31.1. The summed E-state index contributed by atoms with van der Waals surface area (Å²) in [7, 11) is 0. The highest BCUT2D eigenvalue weighted by molar-refractivity contribution is 5.98. The topological polar surface area (TPSA) is 64.4 Å². The number of ether oxygens (including phenoxy) is 1. The quantitative estimate of drug-likeness (QED) is 0.874. The highest BCUT2D eigenvalue weighted by atomic mass is 35.5. The van der Waals surface area contributed by atoms with E-state index in [2.05, 4.69) is 5.32 Å². The minimum atomic E-state index is -1.04. The summed E-state index contributed by atoms with van der Waals surface area (Å²) >= 11 is 0. The van der Waals surface area contributed by atoms with E-state index < -0.39 is 23.1 Å². The number of carbonyl (C=O) groups is 1. The summed E-state index contributed by atoms with van der Waals surface area (Å²) in [5.41, 5.74) is 4.97. The second kappa shape index (κ2) is 6.27. The van der Waals surface area contributed by atoms with Crippen molar-refractivity contribution >= 4 is 24.0 Å². The van der Waals surface area contributed by atoms with Crippen LogP contribution in [0.4, 0.5) is 14.5 Å². The number of amides is 1. The van der Waals surface area contributed by atoms with Gasteiger partial charge >= 0.3 is 0 Å². The van der Waals surface area contributed by atoms with Crippen LogP contribution in [0.2, 0.25) is 0 Å². The lowest BCUT2D eigenvalue weighted by Crippen LogP contribution is -2.54. The van der Waals surface area contributed by atoms with Crippen molar-refractivity contribution in [2.24, 2.45) is 5.73 Å². The van der Waals surface area contributed by atoms with Gasteiger partial charge in [-0.1, -0.05) is 0 Å². The van der Waals surface area contributed by atoms with E-state index in [4.69, 9.17) is 10.5 Å². The Balaban J connectivity index is 0.00000180. The van der Waals surface area contributed by atoms with E-state index in [1.54, 1.807) is 0 Å². The summed E-state index contributed by atoms with van der Waals surface area (Å²) in [6.45, 7) is 0.808. The third-order valence-electron chi connectivity index (χ3n) is 2.96. The fourth-order valence-corrected chi connectivity index (χ4v) is 1.84. The second-order valence-corrected chi connectivity index (χ2v) is 4.38. The highest BCUT2D eigenvalue weighted by Crippen LogP contribution is 2.21. The predicted molar refractivity (Wildman–Crippen MR) is 69.2 cm³/mol. The van der Waals surface area contributed by atoms with Gasteiger partial charge in [-0.05, 0) is 25.0 Å². The van der Waals surface area contributed by atoms with Crippen LogP contribution in [0.3, 0.4) is 0 Å². The van der Waals surface area contributed by atoms with Crippen LogP contribution < -0.4 is 11.1 Å². The van der Waals surface area contributed by atoms with Crippen LogP contribution in [-0.2, 0) is 9.53 Å². The molecular weight excluding hydrogens is 278 g/mol. The number of anilines is 1. The molecule has 0 atom stereocenters. The maximum atomic E-state index is 13.0. The molecule has 1 aliphatic heterocycles. The smallest absolute Gasteiger partial charge is 0.244 e. The summed E-state index contributed by atoms with van der Waals surface area (Å²) in [5, 5.41) is 2.43. The Morgan fingerprint density at radius 3 is 2.26 bits per heavy atom. The molecule has 1 saturated heterocycles. The van der Waals surface area contributed by atoms with Gasteiger partial charge < -0.3 is 15.8 Å². The van der Waals surface area contributed by atoms with Crippen molar-refractivity contribution in [2.45, 2.75) is 18.4 Å². The molecule has 0 bridgehead atoms. The molecule has 0 aromatic heterocycles. The van der Waals surface area contributed by atoms with E-state index in [9.17, 15) is 13.6 Å². The van der Waals surface area contributed by atoms with Gasteiger partial charge in [0.2, 0.25) is 5.91 Å². The van der Waals surface area contributed by atoms with E-state index >= 15 is 0 Å². The third kappa shape index (κ3) is 3.86. The maximum Gasteiger partial charge on any atom is 0.244 e. The number of nitrogens with one attached hydrogen (secondary N) is 1. The fourth-order valence-electron chi connectivity index (χ4n) is 1.84. The minimum Gasteiger partial charge on any atom is -0.381 e. The van der Waals surface area contributed by atoms with Crippen molar-refractivity contribution in [3.8, 4) is 0 Å². The lowest BCUT2D eigenvalue weighted by molar-refractivity contribution is -0.124. The normalized spacial score (nSPS) is 17.4. The summed E-state index contributed by atoms with van der Waals surface area (Å²) in [5.74, 6) is -1.94. The Morgan fingerprint density at radius 2 is 1.74 bits per heavy atom. The van der Waals surface area contributed by atoms with Crippen molar-refractivity contribution in [3.05, 3.63) is 29.8 Å². The molecule has 1 heterocycles. The van der Waals surface area contributed by atoms with Crippen molar-refractivity contribution < 1.29 is 18.3 Å². The standard InChI is InChI=1S/C12H14F2N2O2.ClH/c13-8-5-9(14)7-10(6-8)16-11(17)12(15)1-3-18-4-2-12;/h5-7H,1-4,15H2,(H,16,17);1H. The van der Waals surface area contributed by atoms with Crippen LogP contribution in [0.5, 0.6) is 0 Å². The Hall–Kier alpha value is -1.24. The van der Waals surface area contributed by atoms with Gasteiger partial charge in [0.15, 0.2) is 0 Å². The molecule has 0 unspecified atom stereocenters. The van der Waals surface area contributed by atoms with E-state index in [0.717, 1.165) is 18.2 Å². The van der Waals surface area contributed by atoms with Gasteiger partial charge in [-0.15, -0.1) is 12.4 Å². The van der Waals surface area contributed by atoms with Crippen molar-refractivity contribution in [3.63, 3.8) is 0 Å². The van der Waals surface area contributed by atoms with Crippen molar-refractivity contribution in [1.29, 1.82) is 0 Å². The van der Waals surface area contributed by atoms with Crippen LogP contribution in [0.25, 0.3) is 0 Å². The van der Waals surface area contributed by atoms with E-state index in [0.29, 0.717) is 26.1 Å². The maximum absolute atomic E-state index is 13.0. The van der Waals surface area contributed by atoms with Gasteiger partial charge in [-0.25, -0.2) is 8.78 Å². The number of halogens is 3. The number of benzene rings is 1. The van der Waals surface area contributed by atoms with Crippen LogP contribution in [0, 0.1) is 11.6 Å². The first-order valence-corrected chi connectivity index (χ1v) is 5.64. The molecule has 3 N–H and O–H groups in total. The summed E-state index contributed by atoms with van der Waals surface area (Å²) in [4.78, 5) is 12.0. The van der Waals surface area contributed by atoms with Gasteiger partial charge in [-0.2, -0.15) is 0 Å². The number of hydrogen-bond donors (Lipinski definition) is 2. The molecule has 1 aliphatic rings. The van der Waals surface area contributed by atoms with Crippen molar-refractivity contribution in [2.75, 3.05) is 18.5 Å². The van der Waals surface area contributed by atoms with Crippen LogP contribution in [-0.4, -0.2) is 24.7 Å². The van der Waals surface area contributed by atoms with E-state index in [1.807, 2.05) is 0 Å². The number of rotatable bonds is 2. The second-order valence-electron chi connectivity index (χ2n) is 4.38. The van der Waals surface area contributed by atoms with Gasteiger partial charge in [-0.3, -0.25) is 4.79 Å². The lowest BCUT2D eigenvalue weighted by atomic mass is 9.90. The Bertz CT molecular complexity index is 445. The molecule has 0 aliphatic carbocycles. The molecular formula is C12H15ClF2N2O2. The van der Waals surface area contributed by atoms with E-state index in [-0.39, 0.29) is 18.1 Å². The molecule has 1 aromatic carbocycles. The van der Waals surface area contributed by atoms with Gasteiger partial charge in [0, 0.05) is 25.0 Å². The largest absolute Gasteiger partial charge is 0.381 e. The molecule has 1 fully saturated rings. The molecule has 1 amide bonds. The van der Waals surface area contributed by atoms with Gasteiger partial charge in [0.05, 0.1) is 0 Å². The number of carbonyl (C=O) groups excluding carboxylic acids is 1. The molecule has 0 spiro atoms. The van der Waals surface area contributed by atoms with Crippen molar-refractivity contribution in [1.82, 2.24) is 0 Å². The molecule has 19 heavy (non-hydrogen) atoms. The molecule has 106 valence electrons. The zero-order valence-electron chi connectivity index (χ0n) is 10.1. The van der Waals surface area contributed by atoms with E-state index in [1.165, 1.54) is 0 Å². The minimum absolute atomic E-state index is 0. The predicted octanol–water partition coefficient (Wildman–Crippen LogP) is 1.83. The average Bonchev–Trinajstić information content (AvgIpc) is 2.28. The number of nitrogens with two attached hydrogens (primary N) is 1. The third-order valence-corrected chi connectivity index (χ3v) is 2.96. The van der Waals surface area contributed by atoms with Gasteiger partial charge in [0.1, 0.15) is 17.2 Å². The molecule has 2 rings (SSSR count). The van der Waals surface area contributed by atoms with Crippen LogP contribution >= 0.6 is 12.4 Å². The monoisotopic (exact) mass is 292 g/mol. The average molecular weight is 293 g/mol. The highest BCUT2D eigenvalue weighted by Gasteiger charge is 2.35. The zero-order valence-corrected chi connectivity index (χ0v) is 10.9. The lowest BCUT2D eigenvalue weighted by Gasteiger charge is -2.31. The Morgan fingerprint density at radius 1 is 1.21 bits per heavy atom. The fraction of sp³-hybridized carbons (Fsp3) is 0.417. The first kappa shape index (κ1) is 15.8. The number of hydrogen-bond acceptors (Lipinski definition) is 3. The molecule has 0 saturated carbocycles. The van der Waals surface area contributed by atoms with Crippen LogP contribution in [0.1, 0.15) is 12.8 Å². The zero-order chi connectivity index (χ0) is 13.2. The molecule has 4 nitrogen and oxygen atoms in total. The summed E-state index contributed by atoms with van der Waals surface area (Å²) in [6, 6.07) is 2.83. The SMILES string of the molecule is Cl.NC1(C(=O)Nc2cc(F)cc(F)c2)CCOCC1. The van der Waals surface area contributed by atoms with Gasteiger partial charge in [0.25, 0.3) is 0 Å².